The largest absolute Gasteiger partial charge is 0.392 e. The lowest BCUT2D eigenvalue weighted by Crippen LogP contribution is -1.77. The molecule has 2 nitrogen and oxygen atoms in total. The van der Waals surface area contributed by atoms with E-state index >= 15 is 0 Å². The number of rotatable bonds is 2. The lowest BCUT2D eigenvalue weighted by Gasteiger charge is -1.89. The summed E-state index contributed by atoms with van der Waals surface area (Å²) in [5, 5.41) is 8.54. The molecule has 0 aromatic heterocycles. The molecule has 14 heavy (non-hydrogen) atoms. The van der Waals surface area contributed by atoms with Gasteiger partial charge in [0.1, 0.15) is 0 Å². The fraction of sp³-hybridized carbons (Fsp3) is 0.500. The normalized spacial score (nSPS) is 7.79. The average Bonchev–Trinajstić information content (AvgIpc) is 2.33. The van der Waals surface area contributed by atoms with Gasteiger partial charge in [-0.2, -0.15) is 0 Å². The molecule has 0 atom stereocenters. The summed E-state index contributed by atoms with van der Waals surface area (Å²) in [6.07, 6.45) is 0. The van der Waals surface area contributed by atoms with Crippen molar-refractivity contribution in [3.63, 3.8) is 0 Å². The summed E-state index contributed by atoms with van der Waals surface area (Å²) in [5.74, 6) is 0. The second-order valence-corrected chi connectivity index (χ2v) is 2.22. The molecule has 82 valence electrons. The maximum Gasteiger partial charge on any atom is 0.0681 e. The molecule has 0 bridgehead atoms. The van der Waals surface area contributed by atoms with Crippen LogP contribution >= 0.6 is 0 Å². The monoisotopic (exact) mass is 198 g/mol. The van der Waals surface area contributed by atoms with E-state index in [2.05, 4.69) is 4.74 Å². The molecule has 0 saturated carbocycles. The van der Waals surface area contributed by atoms with E-state index in [0.29, 0.717) is 0 Å². The molecule has 0 aliphatic carbocycles. The topological polar surface area (TPSA) is 29.5 Å². The molecular formula is C12H22O2. The van der Waals surface area contributed by atoms with Crippen molar-refractivity contribution in [3.05, 3.63) is 35.9 Å². The molecular weight excluding hydrogens is 176 g/mol. The fourth-order valence-corrected chi connectivity index (χ4v) is 0.583. The van der Waals surface area contributed by atoms with Gasteiger partial charge in [-0.15, -0.1) is 0 Å². The van der Waals surface area contributed by atoms with Crippen molar-refractivity contribution in [1.82, 2.24) is 0 Å². The molecule has 1 rings (SSSR count). The Hall–Kier alpha value is -0.860. The Kier molecular flexibility index (Phi) is 16.3. The van der Waals surface area contributed by atoms with Gasteiger partial charge in [0.25, 0.3) is 0 Å². The zero-order valence-electron chi connectivity index (χ0n) is 9.66. The first-order valence-corrected chi connectivity index (χ1v) is 4.98. The van der Waals surface area contributed by atoms with Crippen molar-refractivity contribution in [1.29, 1.82) is 0 Å². The molecule has 2 heteroatoms. The summed E-state index contributed by atoms with van der Waals surface area (Å²) in [5.41, 5.74) is 0.965. The molecule has 0 saturated heterocycles. The van der Waals surface area contributed by atoms with Crippen molar-refractivity contribution in [2.75, 3.05) is 13.7 Å². The third kappa shape index (κ3) is 11.1. The minimum atomic E-state index is 0.140. The molecule has 0 fully saturated rings. The number of benzene rings is 1. The molecule has 0 heterocycles. The van der Waals surface area contributed by atoms with Crippen molar-refractivity contribution < 1.29 is 9.84 Å². The summed E-state index contributed by atoms with van der Waals surface area (Å²) >= 11 is 0. The zero-order valence-corrected chi connectivity index (χ0v) is 9.66. The Bertz CT molecular complexity index is 171. The summed E-state index contributed by atoms with van der Waals surface area (Å²) < 4.78 is 4.54. The van der Waals surface area contributed by atoms with Gasteiger partial charge in [-0.3, -0.25) is 0 Å². The predicted octanol–water partition coefficient (Wildman–Crippen LogP) is 2.86. The molecule has 1 aromatic rings. The number of hydrogen-bond acceptors (Lipinski definition) is 2. The first kappa shape index (κ1) is 15.6. The summed E-state index contributed by atoms with van der Waals surface area (Å²) in [6.45, 7) is 6.92. The first-order valence-electron chi connectivity index (χ1n) is 4.98. The van der Waals surface area contributed by atoms with Crippen LogP contribution in [0.3, 0.4) is 0 Å². The molecule has 0 unspecified atom stereocenters. The Morgan fingerprint density at radius 1 is 1.14 bits per heavy atom. The Balaban J connectivity index is 0. The van der Waals surface area contributed by atoms with Crippen LogP contribution in [-0.4, -0.2) is 18.8 Å². The van der Waals surface area contributed by atoms with Crippen LogP contribution in [0, 0.1) is 0 Å². The summed E-state index contributed by atoms with van der Waals surface area (Å²) in [6, 6.07) is 9.52. The number of aliphatic hydroxyl groups is 1. The van der Waals surface area contributed by atoms with Crippen LogP contribution in [0.1, 0.15) is 26.3 Å². The van der Waals surface area contributed by atoms with Crippen molar-refractivity contribution in [3.8, 4) is 0 Å². The quantitative estimate of drug-likeness (QED) is 0.791. The van der Waals surface area contributed by atoms with Crippen LogP contribution in [0.25, 0.3) is 0 Å². The minimum absolute atomic E-state index is 0.140. The van der Waals surface area contributed by atoms with E-state index in [1.54, 1.807) is 7.11 Å². The van der Waals surface area contributed by atoms with E-state index in [-0.39, 0.29) is 6.61 Å². The standard InChI is InChI=1S/C7H8O.C3H8O.C2H6/c8-6-7-4-2-1-3-5-7;1-3-4-2;1-2/h1-5,8H,6H2;3H2,1-2H3;1-2H3. The minimum Gasteiger partial charge on any atom is -0.392 e. The van der Waals surface area contributed by atoms with Crippen LogP contribution in [0.2, 0.25) is 0 Å². The van der Waals surface area contributed by atoms with E-state index in [0.717, 1.165) is 12.2 Å². The third-order valence-corrected chi connectivity index (χ3v) is 1.31. The highest BCUT2D eigenvalue weighted by Crippen LogP contribution is 1.95. The lowest BCUT2D eigenvalue weighted by atomic mass is 10.2. The van der Waals surface area contributed by atoms with E-state index in [1.165, 1.54) is 0 Å². The highest BCUT2D eigenvalue weighted by Gasteiger charge is 1.81. The van der Waals surface area contributed by atoms with E-state index in [4.69, 9.17) is 5.11 Å². The van der Waals surface area contributed by atoms with Gasteiger partial charge in [-0.1, -0.05) is 44.2 Å². The van der Waals surface area contributed by atoms with Crippen LogP contribution in [0.4, 0.5) is 0 Å². The number of ether oxygens (including phenoxy) is 1. The van der Waals surface area contributed by atoms with Crippen LogP contribution in [0.5, 0.6) is 0 Å². The smallest absolute Gasteiger partial charge is 0.0681 e. The van der Waals surface area contributed by atoms with Gasteiger partial charge in [-0.25, -0.2) is 0 Å². The lowest BCUT2D eigenvalue weighted by molar-refractivity contribution is 0.215. The molecule has 0 spiro atoms. The Morgan fingerprint density at radius 3 is 1.79 bits per heavy atom. The van der Waals surface area contributed by atoms with Crippen LogP contribution in [-0.2, 0) is 11.3 Å². The molecule has 0 radical (unpaired) electrons. The third-order valence-electron chi connectivity index (χ3n) is 1.31. The van der Waals surface area contributed by atoms with Gasteiger partial charge < -0.3 is 9.84 Å². The maximum atomic E-state index is 8.54. The van der Waals surface area contributed by atoms with Crippen LogP contribution in [0.15, 0.2) is 30.3 Å². The van der Waals surface area contributed by atoms with Gasteiger partial charge in [0.2, 0.25) is 0 Å². The van der Waals surface area contributed by atoms with Crippen molar-refractivity contribution in [2.24, 2.45) is 0 Å². The van der Waals surface area contributed by atoms with Gasteiger partial charge in [0, 0.05) is 13.7 Å². The van der Waals surface area contributed by atoms with E-state index in [9.17, 15) is 0 Å². The molecule has 0 aliphatic heterocycles. The predicted molar refractivity (Wildman–Crippen MR) is 61.3 cm³/mol. The zero-order chi connectivity index (χ0) is 11.2. The highest BCUT2D eigenvalue weighted by molar-refractivity contribution is 5.12. The molecule has 0 aliphatic rings. The fourth-order valence-electron chi connectivity index (χ4n) is 0.583. The summed E-state index contributed by atoms with van der Waals surface area (Å²) in [7, 11) is 1.68. The van der Waals surface area contributed by atoms with Gasteiger partial charge in [0.15, 0.2) is 0 Å². The van der Waals surface area contributed by atoms with Crippen molar-refractivity contribution in [2.45, 2.75) is 27.4 Å². The first-order chi connectivity index (χ1) is 6.85. The highest BCUT2D eigenvalue weighted by atomic mass is 16.5. The van der Waals surface area contributed by atoms with Gasteiger partial charge >= 0.3 is 0 Å². The average molecular weight is 198 g/mol. The van der Waals surface area contributed by atoms with E-state index < -0.39 is 0 Å². The maximum absolute atomic E-state index is 8.54. The Labute approximate surface area is 87.5 Å². The van der Waals surface area contributed by atoms with Crippen LogP contribution < -0.4 is 0 Å². The SMILES string of the molecule is CC.CCOC.OCc1ccccc1. The van der Waals surface area contributed by atoms with Crippen molar-refractivity contribution >= 4 is 0 Å². The summed E-state index contributed by atoms with van der Waals surface area (Å²) in [4.78, 5) is 0. The Morgan fingerprint density at radius 2 is 1.57 bits per heavy atom. The molecule has 1 N–H and O–H groups in total. The number of aliphatic hydroxyl groups excluding tert-OH is 1. The number of hydrogen-bond donors (Lipinski definition) is 1. The van der Waals surface area contributed by atoms with Gasteiger partial charge in [-0.05, 0) is 12.5 Å². The number of methoxy groups -OCH3 is 1. The van der Waals surface area contributed by atoms with Gasteiger partial charge in [0.05, 0.1) is 6.61 Å². The van der Waals surface area contributed by atoms with E-state index in [1.807, 2.05) is 51.1 Å². The second kappa shape index (κ2) is 14.7. The molecule has 0 amide bonds. The molecule has 1 aromatic carbocycles. The second-order valence-electron chi connectivity index (χ2n) is 2.22.